The highest BCUT2D eigenvalue weighted by molar-refractivity contribution is 9.09. The number of H-pyrrole nitrogens is 1. The Balaban J connectivity index is 1.97. The fourth-order valence-corrected chi connectivity index (χ4v) is 5.03. The quantitative estimate of drug-likeness (QED) is 0.854. The number of halogens is 1. The number of nitrogens with zero attached hydrogens (tertiary/aromatic N) is 2. The first-order chi connectivity index (χ1) is 9.63. The lowest BCUT2D eigenvalue weighted by atomic mass is 10.2. The van der Waals surface area contributed by atoms with Crippen molar-refractivity contribution in [1.29, 1.82) is 0 Å². The summed E-state index contributed by atoms with van der Waals surface area (Å²) in [6.45, 7) is 0.612. The van der Waals surface area contributed by atoms with Crippen LogP contribution < -0.4 is 0 Å². The number of aromatic nitrogens is 2. The van der Waals surface area contributed by atoms with Crippen LogP contribution in [0.15, 0.2) is 29.3 Å². The summed E-state index contributed by atoms with van der Waals surface area (Å²) in [7, 11) is -3.41. The molecule has 0 aliphatic carbocycles. The van der Waals surface area contributed by atoms with E-state index in [9.17, 15) is 8.42 Å². The molecule has 2 aromatic rings. The number of benzene rings is 1. The molecule has 0 radical (unpaired) electrons. The monoisotopic (exact) mass is 357 g/mol. The molecule has 1 fully saturated rings. The van der Waals surface area contributed by atoms with Crippen LogP contribution in [0.5, 0.6) is 0 Å². The van der Waals surface area contributed by atoms with E-state index in [2.05, 4.69) is 26.1 Å². The maximum Gasteiger partial charge on any atom is 0.243 e. The Labute approximate surface area is 126 Å². The lowest BCUT2D eigenvalue weighted by Crippen LogP contribution is -2.35. The molecule has 1 N–H and O–H groups in total. The smallest absolute Gasteiger partial charge is 0.243 e. The Morgan fingerprint density at radius 2 is 2.30 bits per heavy atom. The average molecular weight is 358 g/mol. The number of fused-ring (bicyclic) bond motifs is 1. The molecular weight excluding hydrogens is 342 g/mol. The summed E-state index contributed by atoms with van der Waals surface area (Å²) in [5.41, 5.74) is 0.752. The van der Waals surface area contributed by atoms with Gasteiger partial charge in [0.2, 0.25) is 10.0 Å². The lowest BCUT2D eigenvalue weighted by molar-refractivity contribution is 0.382. The van der Waals surface area contributed by atoms with Crippen LogP contribution in [0.25, 0.3) is 10.9 Å². The van der Waals surface area contributed by atoms with Crippen molar-refractivity contribution in [2.24, 2.45) is 0 Å². The summed E-state index contributed by atoms with van der Waals surface area (Å²) in [6.07, 6.45) is 4.42. The van der Waals surface area contributed by atoms with Crippen LogP contribution >= 0.6 is 15.9 Å². The van der Waals surface area contributed by atoms with E-state index in [0.717, 1.165) is 35.5 Å². The summed E-state index contributed by atoms with van der Waals surface area (Å²) < 4.78 is 27.2. The second-order valence-electron chi connectivity index (χ2n) is 5.01. The SMILES string of the molecule is O=S(=O)(c1ccc2cn[nH]c2c1)N1CCC[C@@H]1CCBr. The molecule has 0 bridgehead atoms. The molecule has 2 heterocycles. The van der Waals surface area contributed by atoms with Crippen LogP contribution in [0.4, 0.5) is 0 Å². The molecule has 1 saturated heterocycles. The van der Waals surface area contributed by atoms with E-state index >= 15 is 0 Å². The molecule has 0 spiro atoms. The molecule has 1 aliphatic rings. The molecule has 7 heteroatoms. The molecule has 0 amide bonds. The van der Waals surface area contributed by atoms with E-state index in [1.807, 2.05) is 0 Å². The van der Waals surface area contributed by atoms with Crippen molar-refractivity contribution in [2.45, 2.75) is 30.2 Å². The zero-order chi connectivity index (χ0) is 14.2. The van der Waals surface area contributed by atoms with Gasteiger partial charge in [-0.1, -0.05) is 15.9 Å². The van der Waals surface area contributed by atoms with Gasteiger partial charge in [-0.2, -0.15) is 9.40 Å². The first kappa shape index (κ1) is 14.0. The second-order valence-corrected chi connectivity index (χ2v) is 7.69. The minimum absolute atomic E-state index is 0.108. The van der Waals surface area contributed by atoms with Gasteiger partial charge in [0.25, 0.3) is 0 Å². The topological polar surface area (TPSA) is 66.1 Å². The first-order valence-electron chi connectivity index (χ1n) is 6.64. The maximum atomic E-state index is 12.8. The van der Waals surface area contributed by atoms with Gasteiger partial charge in [0.15, 0.2) is 0 Å². The van der Waals surface area contributed by atoms with E-state index in [-0.39, 0.29) is 6.04 Å². The van der Waals surface area contributed by atoms with Crippen molar-refractivity contribution in [3.63, 3.8) is 0 Å². The number of sulfonamides is 1. The van der Waals surface area contributed by atoms with Crippen molar-refractivity contribution in [1.82, 2.24) is 14.5 Å². The fraction of sp³-hybridized carbons (Fsp3) is 0.462. The van der Waals surface area contributed by atoms with Gasteiger partial charge < -0.3 is 0 Å². The van der Waals surface area contributed by atoms with Crippen LogP contribution in [0.1, 0.15) is 19.3 Å². The van der Waals surface area contributed by atoms with Gasteiger partial charge in [0, 0.05) is 23.3 Å². The molecule has 20 heavy (non-hydrogen) atoms. The van der Waals surface area contributed by atoms with E-state index in [1.54, 1.807) is 28.7 Å². The summed E-state index contributed by atoms with van der Waals surface area (Å²) in [4.78, 5) is 0.343. The molecule has 5 nitrogen and oxygen atoms in total. The van der Waals surface area contributed by atoms with Crippen molar-refractivity contribution in [3.8, 4) is 0 Å². The molecule has 1 aromatic carbocycles. The summed E-state index contributed by atoms with van der Waals surface area (Å²) >= 11 is 3.40. The Morgan fingerprint density at radius 3 is 3.10 bits per heavy atom. The highest BCUT2D eigenvalue weighted by Crippen LogP contribution is 2.29. The van der Waals surface area contributed by atoms with Gasteiger partial charge >= 0.3 is 0 Å². The van der Waals surface area contributed by atoms with Crippen LogP contribution in [0.3, 0.4) is 0 Å². The number of aromatic amines is 1. The fourth-order valence-electron chi connectivity index (χ4n) is 2.75. The van der Waals surface area contributed by atoms with Gasteiger partial charge in [0.05, 0.1) is 16.6 Å². The summed E-state index contributed by atoms with van der Waals surface area (Å²) in [5, 5.41) is 8.49. The Bertz CT molecular complexity index is 713. The van der Waals surface area contributed by atoms with Crippen molar-refractivity contribution >= 4 is 36.9 Å². The third kappa shape index (κ3) is 2.38. The molecule has 1 aromatic heterocycles. The molecular formula is C13H16BrN3O2S. The molecule has 0 saturated carbocycles. The molecule has 3 rings (SSSR count). The van der Waals surface area contributed by atoms with Crippen LogP contribution in [0.2, 0.25) is 0 Å². The lowest BCUT2D eigenvalue weighted by Gasteiger charge is -2.23. The van der Waals surface area contributed by atoms with Crippen LogP contribution in [-0.4, -0.2) is 40.8 Å². The Hall–Kier alpha value is -0.920. The predicted octanol–water partition coefficient (Wildman–Crippen LogP) is 2.50. The number of hydrogen-bond acceptors (Lipinski definition) is 3. The van der Waals surface area contributed by atoms with Gasteiger partial charge in [-0.3, -0.25) is 5.10 Å². The Morgan fingerprint density at radius 1 is 1.45 bits per heavy atom. The number of nitrogens with one attached hydrogen (secondary N) is 1. The van der Waals surface area contributed by atoms with Crippen LogP contribution in [-0.2, 0) is 10.0 Å². The third-order valence-corrected chi connectivity index (χ3v) is 6.19. The van der Waals surface area contributed by atoms with Gasteiger partial charge in [-0.05, 0) is 37.5 Å². The maximum absolute atomic E-state index is 12.8. The molecule has 0 unspecified atom stereocenters. The molecule has 108 valence electrons. The minimum Gasteiger partial charge on any atom is -0.278 e. The second kappa shape index (κ2) is 5.46. The number of rotatable bonds is 4. The van der Waals surface area contributed by atoms with Gasteiger partial charge in [-0.15, -0.1) is 0 Å². The van der Waals surface area contributed by atoms with Gasteiger partial charge in [0.1, 0.15) is 0 Å². The standard InChI is InChI=1S/C13H16BrN3O2S/c14-6-5-11-2-1-7-17(11)20(18,19)12-4-3-10-9-15-16-13(10)8-12/h3-4,8-9,11H,1-2,5-7H2,(H,15,16)/t11-/m1/s1. The third-order valence-electron chi connectivity index (χ3n) is 3.79. The van der Waals surface area contributed by atoms with E-state index in [0.29, 0.717) is 11.4 Å². The largest absolute Gasteiger partial charge is 0.278 e. The highest BCUT2D eigenvalue weighted by atomic mass is 79.9. The number of alkyl halides is 1. The van der Waals surface area contributed by atoms with Crippen molar-refractivity contribution < 1.29 is 8.42 Å². The Kier molecular flexibility index (Phi) is 3.83. The average Bonchev–Trinajstić information content (AvgIpc) is 3.06. The normalized spacial score (nSPS) is 20.8. The highest BCUT2D eigenvalue weighted by Gasteiger charge is 2.34. The predicted molar refractivity (Wildman–Crippen MR) is 81.4 cm³/mol. The van der Waals surface area contributed by atoms with Crippen molar-refractivity contribution in [3.05, 3.63) is 24.4 Å². The zero-order valence-corrected chi connectivity index (χ0v) is 13.3. The summed E-state index contributed by atoms with van der Waals surface area (Å²) in [5.74, 6) is 0. The first-order valence-corrected chi connectivity index (χ1v) is 9.20. The van der Waals surface area contributed by atoms with E-state index < -0.39 is 10.0 Å². The molecule has 1 atom stereocenters. The number of hydrogen-bond donors (Lipinski definition) is 1. The summed E-state index contributed by atoms with van der Waals surface area (Å²) in [6, 6.07) is 5.23. The van der Waals surface area contributed by atoms with Gasteiger partial charge in [-0.25, -0.2) is 8.42 Å². The molecule has 1 aliphatic heterocycles. The van der Waals surface area contributed by atoms with Crippen LogP contribution in [0, 0.1) is 0 Å². The minimum atomic E-state index is -3.41. The van der Waals surface area contributed by atoms with E-state index in [1.165, 1.54) is 0 Å². The van der Waals surface area contributed by atoms with Crippen molar-refractivity contribution in [2.75, 3.05) is 11.9 Å². The zero-order valence-electron chi connectivity index (χ0n) is 10.9. The van der Waals surface area contributed by atoms with E-state index in [4.69, 9.17) is 0 Å².